The second-order valence-electron chi connectivity index (χ2n) is 16.6. The molecule has 2 fully saturated rings. The van der Waals surface area contributed by atoms with Crippen molar-refractivity contribution in [2.45, 2.75) is 101 Å². The van der Waals surface area contributed by atoms with Crippen LogP contribution in [-0.2, 0) is 15.7 Å². The summed E-state index contributed by atoms with van der Waals surface area (Å²) in [7, 11) is 0. The quantitative estimate of drug-likeness (QED) is 0.0635. The second-order valence-corrected chi connectivity index (χ2v) is 19.2. The third-order valence-corrected chi connectivity index (χ3v) is 14.4. The lowest BCUT2D eigenvalue weighted by Crippen LogP contribution is -2.46. The van der Waals surface area contributed by atoms with E-state index in [2.05, 4.69) is 25.5 Å². The molecule has 2 amide bonds. The number of hydrogen-bond donors (Lipinski definition) is 5. The van der Waals surface area contributed by atoms with Crippen LogP contribution in [0.15, 0.2) is 66.0 Å². The summed E-state index contributed by atoms with van der Waals surface area (Å²) in [6, 6.07) is 12.2. The Morgan fingerprint density at radius 3 is 2.63 bits per heavy atom. The van der Waals surface area contributed by atoms with Crippen LogP contribution in [0.3, 0.4) is 0 Å². The third kappa shape index (κ3) is 9.20. The fourth-order valence-electron chi connectivity index (χ4n) is 8.32. The van der Waals surface area contributed by atoms with E-state index in [0.717, 1.165) is 37.8 Å². The Bertz CT molecular complexity index is 2650. The molecule has 5 aromatic rings. The van der Waals surface area contributed by atoms with Crippen LogP contribution < -0.4 is 25.4 Å². The number of hydrogen-bond acceptors (Lipinski definition) is 13. The number of rotatable bonds is 12. The monoisotopic (exact) mass is 916 g/mol. The van der Waals surface area contributed by atoms with Gasteiger partial charge in [-0.15, -0.1) is 16.2 Å². The fraction of sp³-hybridized carbons (Fsp3) is 0.409. The molecule has 3 aliphatic rings. The van der Waals surface area contributed by atoms with Gasteiger partial charge >= 0.3 is 6.18 Å². The van der Waals surface area contributed by atoms with Crippen molar-refractivity contribution < 1.29 is 37.0 Å². The molecular formula is C44H48F4N12O4S. The summed E-state index contributed by atoms with van der Waals surface area (Å²) in [5, 5.41) is 31.9. The number of anilines is 3. The summed E-state index contributed by atoms with van der Waals surface area (Å²) in [5.41, 5.74) is 0.545. The number of nitrogens with one attached hydrogen (secondary N) is 3. The normalized spacial score (nSPS) is 20.5. The van der Waals surface area contributed by atoms with Gasteiger partial charge in [-0.2, -0.15) is 23.3 Å². The molecule has 4 N–H and O–H groups in total. The van der Waals surface area contributed by atoms with Crippen molar-refractivity contribution in [1.29, 1.82) is 5.26 Å². The Labute approximate surface area is 374 Å². The van der Waals surface area contributed by atoms with Crippen molar-refractivity contribution in [3.8, 4) is 28.8 Å². The largest absolute Gasteiger partial charge is 0.417 e. The maximum absolute atomic E-state index is 15.7. The van der Waals surface area contributed by atoms with E-state index >= 15 is 4.39 Å². The number of nitriles is 1. The van der Waals surface area contributed by atoms with Crippen LogP contribution in [0.25, 0.3) is 22.8 Å². The van der Waals surface area contributed by atoms with Gasteiger partial charge in [-0.05, 0) is 101 Å². The molecule has 8 rings (SSSR count). The van der Waals surface area contributed by atoms with Gasteiger partial charge in [-0.3, -0.25) is 14.6 Å². The Morgan fingerprint density at radius 2 is 1.92 bits per heavy atom. The first-order valence-corrected chi connectivity index (χ1v) is 22.6. The lowest BCUT2D eigenvalue weighted by molar-refractivity contribution is -0.137. The van der Waals surface area contributed by atoms with Crippen LogP contribution in [-0.4, -0.2) is 83.4 Å². The first kappa shape index (κ1) is 45.4. The average Bonchev–Trinajstić information content (AvgIpc) is 3.87. The summed E-state index contributed by atoms with van der Waals surface area (Å²) in [6.45, 7) is 8.12. The van der Waals surface area contributed by atoms with Crippen molar-refractivity contribution in [3.05, 3.63) is 89.3 Å². The average molecular weight is 917 g/mol. The number of benzene rings is 2. The molecule has 21 heteroatoms. The maximum atomic E-state index is 15.7. The van der Waals surface area contributed by atoms with Gasteiger partial charge in [-0.25, -0.2) is 29.0 Å². The first-order chi connectivity index (χ1) is 31.1. The Kier molecular flexibility index (Phi) is 12.8. The number of hydrazine groups is 1. The molecule has 0 aliphatic carbocycles. The number of nitrogens with zero attached hydrogens (tertiary/aromatic N) is 9. The van der Waals surface area contributed by atoms with E-state index in [4.69, 9.17) is 19.7 Å². The van der Waals surface area contributed by atoms with Crippen LogP contribution in [0.2, 0.25) is 0 Å². The standard InChI is InChI=1S/C44H48F4N12O4S/c1-5-8-27(58-23-36(61)55-39-40(58)51-22-35(54-39)30-14-15-34(53-25(30)2)38-52-24-59(56-38)37-9-6-7-18-64-37)16-17-50-41(62)31-13-12-29(20-33(31)45)65-43(3,4)42(63)60(57-65)28-11-10-26(21-49)32(19-28)44(46,47)48/h10-15,19-20,22,24,27,37,42,57,63,65H,5-9,16-18,23H2,1-4H3,(H,50,62)(H,54,55,61). The van der Waals surface area contributed by atoms with Gasteiger partial charge < -0.3 is 25.4 Å². The van der Waals surface area contributed by atoms with Gasteiger partial charge in [0.25, 0.3) is 5.91 Å². The van der Waals surface area contributed by atoms with Crippen LogP contribution >= 0.6 is 11.1 Å². The number of aryl methyl sites for hydroxylation is 1. The second kappa shape index (κ2) is 18.3. The van der Waals surface area contributed by atoms with Gasteiger partial charge in [-0.1, -0.05) is 13.3 Å². The van der Waals surface area contributed by atoms with Crippen LogP contribution in [0.1, 0.15) is 92.7 Å². The number of carbonyl (C=O) groups excluding carboxylic acids is 2. The number of ether oxygens (including phenoxy) is 1. The lowest BCUT2D eigenvalue weighted by atomic mass is 10.0. The van der Waals surface area contributed by atoms with E-state index in [1.165, 1.54) is 23.2 Å². The number of fused-ring (bicyclic) bond motifs is 1. The topological polar surface area (TPSA) is 199 Å². The van der Waals surface area contributed by atoms with Gasteiger partial charge in [0.2, 0.25) is 5.91 Å². The highest BCUT2D eigenvalue weighted by Crippen LogP contribution is 2.53. The number of thiol groups is 1. The van der Waals surface area contributed by atoms with Crippen molar-refractivity contribution in [1.82, 2.24) is 39.9 Å². The number of alkyl halides is 3. The Morgan fingerprint density at radius 1 is 1.11 bits per heavy atom. The fourth-order valence-corrected chi connectivity index (χ4v) is 10.6. The molecule has 3 aliphatic heterocycles. The number of pyridine rings is 1. The predicted molar refractivity (Wildman–Crippen MR) is 235 cm³/mol. The number of aliphatic hydroxyl groups is 1. The molecule has 2 saturated heterocycles. The summed E-state index contributed by atoms with van der Waals surface area (Å²) in [4.78, 5) is 50.6. The smallest absolute Gasteiger partial charge is 0.371 e. The minimum atomic E-state index is -4.80. The van der Waals surface area contributed by atoms with Crippen LogP contribution in [0, 0.1) is 24.1 Å². The van der Waals surface area contributed by atoms with E-state index in [-0.39, 0.29) is 42.5 Å². The Hall–Kier alpha value is -6.21. The zero-order valence-corrected chi connectivity index (χ0v) is 36.9. The first-order valence-electron chi connectivity index (χ1n) is 21.2. The number of aliphatic hydroxyl groups excluding tert-OH is 1. The molecule has 16 nitrogen and oxygen atoms in total. The van der Waals surface area contributed by atoms with Crippen molar-refractivity contribution in [2.24, 2.45) is 0 Å². The number of halogens is 4. The maximum Gasteiger partial charge on any atom is 0.417 e. The number of amides is 2. The predicted octanol–water partition coefficient (Wildman–Crippen LogP) is 6.98. The molecule has 3 aromatic heterocycles. The highest BCUT2D eigenvalue weighted by molar-refractivity contribution is 8.16. The van der Waals surface area contributed by atoms with E-state index in [1.807, 2.05) is 30.9 Å². The van der Waals surface area contributed by atoms with E-state index in [9.17, 15) is 33.1 Å². The Balaban J connectivity index is 0.925. The van der Waals surface area contributed by atoms with Gasteiger partial charge in [0.15, 0.2) is 29.9 Å². The molecule has 4 atom stereocenters. The summed E-state index contributed by atoms with van der Waals surface area (Å²) >= 11 is -1.62. The zero-order chi connectivity index (χ0) is 46.2. The lowest BCUT2D eigenvalue weighted by Gasteiger charge is -2.36. The van der Waals surface area contributed by atoms with E-state index in [1.54, 1.807) is 43.2 Å². The van der Waals surface area contributed by atoms with E-state index < -0.39 is 51.1 Å². The molecule has 0 spiro atoms. The molecule has 0 bridgehead atoms. The van der Waals surface area contributed by atoms with Gasteiger partial charge in [0.05, 0.1) is 51.6 Å². The molecule has 65 heavy (non-hydrogen) atoms. The third-order valence-electron chi connectivity index (χ3n) is 11.8. The molecule has 2 aromatic carbocycles. The van der Waals surface area contributed by atoms with Crippen molar-refractivity contribution >= 4 is 40.2 Å². The highest BCUT2D eigenvalue weighted by atomic mass is 32.2. The minimum absolute atomic E-state index is 0.0186. The summed E-state index contributed by atoms with van der Waals surface area (Å²) in [5.74, 6) is -0.498. The number of aromatic nitrogens is 6. The molecule has 0 saturated carbocycles. The van der Waals surface area contributed by atoms with Gasteiger partial charge in [0.1, 0.15) is 17.8 Å². The van der Waals surface area contributed by atoms with Crippen molar-refractivity contribution in [3.63, 3.8) is 0 Å². The SMILES string of the molecule is CCCC(CCNC(=O)c1ccc([SH]2NN(c3ccc(C#N)c(C(F)(F)F)c3)C(O)C2(C)C)cc1F)N1CC(=O)Nc2nc(-c3ccc(-c4ncn(C5CCCCO5)n4)nc3C)cnc21. The van der Waals surface area contributed by atoms with Crippen LogP contribution in [0.4, 0.5) is 34.9 Å². The minimum Gasteiger partial charge on any atom is -0.371 e. The molecule has 342 valence electrons. The summed E-state index contributed by atoms with van der Waals surface area (Å²) in [6.07, 6.45) is 1.81. The highest BCUT2D eigenvalue weighted by Gasteiger charge is 2.47. The molecule has 4 unspecified atom stereocenters. The van der Waals surface area contributed by atoms with Crippen LogP contribution in [0.5, 0.6) is 0 Å². The van der Waals surface area contributed by atoms with Gasteiger partial charge in [0, 0.05) is 35.3 Å². The molecular weight excluding hydrogens is 869 g/mol. The molecule has 0 radical (unpaired) electrons. The number of carbonyl (C=O) groups is 2. The summed E-state index contributed by atoms with van der Waals surface area (Å²) < 4.78 is 63.6. The molecule has 6 heterocycles. The van der Waals surface area contributed by atoms with E-state index in [0.29, 0.717) is 64.4 Å². The van der Waals surface area contributed by atoms with Crippen molar-refractivity contribution in [2.75, 3.05) is 34.9 Å². The zero-order valence-electron chi connectivity index (χ0n) is 36.0.